The number of aromatic nitrogens is 3. The first-order valence-electron chi connectivity index (χ1n) is 4.04. The quantitative estimate of drug-likeness (QED) is 0.607. The number of fused-ring (bicyclic) bond motifs is 1. The summed E-state index contributed by atoms with van der Waals surface area (Å²) < 4.78 is 1.72. The lowest BCUT2D eigenvalue weighted by atomic mass is 10.2. The van der Waals surface area contributed by atoms with Crippen molar-refractivity contribution in [2.24, 2.45) is 0 Å². The standard InChI is InChI=1S/C10H9N3/c1-3-6-13-10-7-8(2)4-5-9(10)11-12-13/h1,4-5,7H,6H2,2H3. The average Bonchev–Trinajstić information content (AvgIpc) is 2.49. The van der Waals surface area contributed by atoms with Gasteiger partial charge in [-0.1, -0.05) is 17.2 Å². The van der Waals surface area contributed by atoms with Gasteiger partial charge in [-0.3, -0.25) is 0 Å². The molecule has 3 nitrogen and oxygen atoms in total. The largest absolute Gasteiger partial charge is 0.233 e. The van der Waals surface area contributed by atoms with E-state index in [2.05, 4.69) is 16.2 Å². The molecule has 0 amide bonds. The lowest BCUT2D eigenvalue weighted by Crippen LogP contribution is -1.97. The summed E-state index contributed by atoms with van der Waals surface area (Å²) in [5.74, 6) is 2.54. The molecule has 2 aromatic rings. The fourth-order valence-corrected chi connectivity index (χ4v) is 1.28. The van der Waals surface area contributed by atoms with Gasteiger partial charge >= 0.3 is 0 Å². The van der Waals surface area contributed by atoms with E-state index in [4.69, 9.17) is 6.42 Å². The van der Waals surface area contributed by atoms with Gasteiger partial charge in [-0.15, -0.1) is 11.5 Å². The van der Waals surface area contributed by atoms with Crippen LogP contribution in [-0.2, 0) is 6.54 Å². The third-order valence-corrected chi connectivity index (χ3v) is 1.91. The Hall–Kier alpha value is -1.82. The summed E-state index contributed by atoms with van der Waals surface area (Å²) >= 11 is 0. The number of aryl methyl sites for hydroxylation is 1. The Labute approximate surface area is 76.4 Å². The van der Waals surface area contributed by atoms with Crippen molar-refractivity contribution in [3.05, 3.63) is 23.8 Å². The van der Waals surface area contributed by atoms with Gasteiger partial charge in [0.05, 0.1) is 5.52 Å². The summed E-state index contributed by atoms with van der Waals surface area (Å²) in [5, 5.41) is 7.95. The molecule has 0 unspecified atom stereocenters. The lowest BCUT2D eigenvalue weighted by molar-refractivity contribution is 0.694. The molecule has 0 aliphatic carbocycles. The molecule has 0 saturated carbocycles. The van der Waals surface area contributed by atoms with Crippen LogP contribution in [0.15, 0.2) is 18.2 Å². The molecule has 1 aromatic carbocycles. The van der Waals surface area contributed by atoms with Gasteiger partial charge in [0.1, 0.15) is 12.1 Å². The first-order chi connectivity index (χ1) is 6.31. The molecule has 0 radical (unpaired) electrons. The van der Waals surface area contributed by atoms with E-state index in [-0.39, 0.29) is 0 Å². The van der Waals surface area contributed by atoms with E-state index < -0.39 is 0 Å². The molecular formula is C10H9N3. The van der Waals surface area contributed by atoms with Gasteiger partial charge in [-0.2, -0.15) is 0 Å². The Morgan fingerprint density at radius 1 is 1.54 bits per heavy atom. The summed E-state index contributed by atoms with van der Waals surface area (Å²) in [6.45, 7) is 2.51. The Morgan fingerprint density at radius 3 is 3.15 bits per heavy atom. The van der Waals surface area contributed by atoms with Crippen molar-refractivity contribution < 1.29 is 0 Å². The van der Waals surface area contributed by atoms with Gasteiger partial charge in [-0.25, -0.2) is 4.68 Å². The third kappa shape index (κ3) is 1.27. The minimum Gasteiger partial charge on any atom is -0.233 e. The van der Waals surface area contributed by atoms with E-state index in [0.717, 1.165) is 11.0 Å². The van der Waals surface area contributed by atoms with Crippen LogP contribution in [-0.4, -0.2) is 15.0 Å². The van der Waals surface area contributed by atoms with E-state index in [1.165, 1.54) is 5.56 Å². The van der Waals surface area contributed by atoms with Gasteiger partial charge in [0.2, 0.25) is 0 Å². The van der Waals surface area contributed by atoms with Crippen molar-refractivity contribution >= 4 is 11.0 Å². The van der Waals surface area contributed by atoms with E-state index >= 15 is 0 Å². The van der Waals surface area contributed by atoms with E-state index in [1.807, 2.05) is 25.1 Å². The highest BCUT2D eigenvalue weighted by atomic mass is 15.4. The number of hydrogen-bond acceptors (Lipinski definition) is 2. The number of terminal acetylenes is 1. The average molecular weight is 171 g/mol. The Bertz CT molecular complexity index is 476. The summed E-state index contributed by atoms with van der Waals surface area (Å²) in [4.78, 5) is 0. The zero-order valence-corrected chi connectivity index (χ0v) is 7.36. The second-order valence-electron chi connectivity index (χ2n) is 2.94. The Balaban J connectivity index is 2.66. The monoisotopic (exact) mass is 171 g/mol. The zero-order valence-electron chi connectivity index (χ0n) is 7.36. The summed E-state index contributed by atoms with van der Waals surface area (Å²) in [6, 6.07) is 5.99. The number of rotatable bonds is 1. The molecule has 13 heavy (non-hydrogen) atoms. The second kappa shape index (κ2) is 2.91. The summed E-state index contributed by atoms with van der Waals surface area (Å²) in [6.07, 6.45) is 5.21. The highest BCUT2D eigenvalue weighted by Crippen LogP contribution is 2.12. The van der Waals surface area contributed by atoms with E-state index in [9.17, 15) is 0 Å². The highest BCUT2D eigenvalue weighted by Gasteiger charge is 2.01. The summed E-state index contributed by atoms with van der Waals surface area (Å²) in [7, 11) is 0. The minimum atomic E-state index is 0.472. The van der Waals surface area contributed by atoms with Gasteiger partial charge in [0, 0.05) is 0 Å². The minimum absolute atomic E-state index is 0.472. The van der Waals surface area contributed by atoms with Crippen LogP contribution in [0.1, 0.15) is 5.56 Å². The molecule has 64 valence electrons. The molecule has 0 fully saturated rings. The van der Waals surface area contributed by atoms with Crippen LogP contribution < -0.4 is 0 Å². The predicted octanol–water partition coefficient (Wildman–Crippen LogP) is 1.37. The van der Waals surface area contributed by atoms with Crippen molar-refractivity contribution in [1.29, 1.82) is 0 Å². The lowest BCUT2D eigenvalue weighted by Gasteiger charge is -1.95. The molecule has 3 heteroatoms. The highest BCUT2D eigenvalue weighted by molar-refractivity contribution is 5.74. The molecule has 0 saturated heterocycles. The fraction of sp³-hybridized carbons (Fsp3) is 0.200. The van der Waals surface area contributed by atoms with Crippen molar-refractivity contribution in [2.45, 2.75) is 13.5 Å². The first-order valence-corrected chi connectivity index (χ1v) is 4.04. The number of nitrogens with zero attached hydrogens (tertiary/aromatic N) is 3. The maximum atomic E-state index is 5.21. The molecule has 1 aromatic heterocycles. The van der Waals surface area contributed by atoms with Crippen LogP contribution in [0.2, 0.25) is 0 Å². The molecule has 1 heterocycles. The van der Waals surface area contributed by atoms with Crippen LogP contribution in [0.3, 0.4) is 0 Å². The Kier molecular flexibility index (Phi) is 1.75. The topological polar surface area (TPSA) is 30.7 Å². The van der Waals surface area contributed by atoms with Crippen LogP contribution in [0.5, 0.6) is 0 Å². The van der Waals surface area contributed by atoms with Gasteiger partial charge in [0.25, 0.3) is 0 Å². The second-order valence-corrected chi connectivity index (χ2v) is 2.94. The SMILES string of the molecule is C#CCn1nnc2ccc(C)cc21. The summed E-state index contributed by atoms with van der Waals surface area (Å²) in [5.41, 5.74) is 3.08. The van der Waals surface area contributed by atoms with Crippen LogP contribution >= 0.6 is 0 Å². The van der Waals surface area contributed by atoms with Crippen LogP contribution in [0.4, 0.5) is 0 Å². The smallest absolute Gasteiger partial charge is 0.113 e. The molecule has 0 spiro atoms. The van der Waals surface area contributed by atoms with Crippen molar-refractivity contribution in [1.82, 2.24) is 15.0 Å². The maximum absolute atomic E-state index is 5.21. The molecule has 0 aliphatic heterocycles. The normalized spacial score (nSPS) is 10.2. The predicted molar refractivity (Wildman–Crippen MR) is 51.1 cm³/mol. The van der Waals surface area contributed by atoms with Gasteiger partial charge in [-0.05, 0) is 24.6 Å². The zero-order chi connectivity index (χ0) is 9.26. The van der Waals surface area contributed by atoms with Crippen LogP contribution in [0, 0.1) is 19.3 Å². The molecule has 2 rings (SSSR count). The fourth-order valence-electron chi connectivity index (χ4n) is 1.28. The third-order valence-electron chi connectivity index (χ3n) is 1.91. The Morgan fingerprint density at radius 2 is 2.38 bits per heavy atom. The molecule has 0 bridgehead atoms. The number of hydrogen-bond donors (Lipinski definition) is 0. The van der Waals surface area contributed by atoms with E-state index in [1.54, 1.807) is 4.68 Å². The maximum Gasteiger partial charge on any atom is 0.113 e. The number of benzene rings is 1. The molecule has 0 aliphatic rings. The first kappa shape index (κ1) is 7.81. The van der Waals surface area contributed by atoms with E-state index in [0.29, 0.717) is 6.54 Å². The van der Waals surface area contributed by atoms with Gasteiger partial charge < -0.3 is 0 Å². The molecule has 0 atom stereocenters. The van der Waals surface area contributed by atoms with Crippen LogP contribution in [0.25, 0.3) is 11.0 Å². The molecule has 0 N–H and O–H groups in total. The van der Waals surface area contributed by atoms with Crippen molar-refractivity contribution in [2.75, 3.05) is 0 Å². The van der Waals surface area contributed by atoms with Crippen molar-refractivity contribution in [3.8, 4) is 12.3 Å². The molecular weight excluding hydrogens is 162 g/mol. The van der Waals surface area contributed by atoms with Gasteiger partial charge in [0.15, 0.2) is 0 Å². The van der Waals surface area contributed by atoms with Crippen molar-refractivity contribution in [3.63, 3.8) is 0 Å².